The van der Waals surface area contributed by atoms with Crippen LogP contribution in [0.3, 0.4) is 0 Å². The minimum Gasteiger partial charge on any atom is -0.324 e. The van der Waals surface area contributed by atoms with Crippen molar-refractivity contribution in [1.82, 2.24) is 9.97 Å². The Hall–Kier alpha value is -1.90. The van der Waals surface area contributed by atoms with Gasteiger partial charge in [0.05, 0.1) is 0 Å². The predicted molar refractivity (Wildman–Crippen MR) is 61.2 cm³/mol. The van der Waals surface area contributed by atoms with Gasteiger partial charge in [0.2, 0.25) is 5.95 Å². The maximum atomic E-state index is 4.31. The van der Waals surface area contributed by atoms with Gasteiger partial charge >= 0.3 is 0 Å². The first-order chi connectivity index (χ1) is 7.24. The van der Waals surface area contributed by atoms with Gasteiger partial charge in [-0.25, -0.2) is 9.97 Å². The van der Waals surface area contributed by atoms with Gasteiger partial charge < -0.3 is 5.32 Å². The van der Waals surface area contributed by atoms with Crippen LogP contribution < -0.4 is 5.32 Å². The molecule has 3 heteroatoms. The topological polar surface area (TPSA) is 37.8 Å². The Labute approximate surface area is 89.2 Å². The number of benzene rings is 1. The van der Waals surface area contributed by atoms with E-state index in [0.29, 0.717) is 5.95 Å². The molecule has 3 nitrogen and oxygen atoms in total. The molecule has 2 aromatic rings. The Morgan fingerprint density at radius 2 is 1.53 bits per heavy atom. The second-order valence-corrected chi connectivity index (χ2v) is 3.47. The predicted octanol–water partition coefficient (Wildman–Crippen LogP) is 2.84. The maximum absolute atomic E-state index is 4.31. The zero-order chi connectivity index (χ0) is 10.7. The Morgan fingerprint density at radius 1 is 0.933 bits per heavy atom. The third-order valence-corrected chi connectivity index (χ3v) is 2.01. The molecule has 1 aromatic carbocycles. The Morgan fingerprint density at radius 3 is 2.13 bits per heavy atom. The summed E-state index contributed by atoms with van der Waals surface area (Å²) in [5.74, 6) is 0.652. The van der Waals surface area contributed by atoms with Gasteiger partial charge in [0, 0.05) is 17.1 Å². The highest BCUT2D eigenvalue weighted by atomic mass is 15.8. The van der Waals surface area contributed by atoms with Gasteiger partial charge in [-0.1, -0.05) is 18.2 Å². The van der Waals surface area contributed by atoms with Crippen molar-refractivity contribution in [3.05, 3.63) is 47.8 Å². The SMILES string of the molecule is Cc1cc(C)[15n][13c](Nc2ccccc2)[15n]1. The van der Waals surface area contributed by atoms with Crippen LogP contribution in [0, 0.1) is 13.8 Å². The molecule has 0 aliphatic rings. The van der Waals surface area contributed by atoms with Crippen molar-refractivity contribution in [3.63, 3.8) is 0 Å². The van der Waals surface area contributed by atoms with Crippen molar-refractivity contribution in [3.8, 4) is 0 Å². The zero-order valence-electron chi connectivity index (χ0n) is 8.86. The number of para-hydroxylation sites is 1. The van der Waals surface area contributed by atoms with Gasteiger partial charge in [0.15, 0.2) is 0 Å². The Kier molecular flexibility index (Phi) is 2.63. The van der Waals surface area contributed by atoms with Crippen molar-refractivity contribution in [2.45, 2.75) is 13.8 Å². The molecule has 0 amide bonds. The minimum absolute atomic E-state index is 0.652. The summed E-state index contributed by atoms with van der Waals surface area (Å²) in [5.41, 5.74) is 2.95. The molecule has 0 fully saturated rings. The lowest BCUT2D eigenvalue weighted by atomic mass is 10.3. The van der Waals surface area contributed by atoms with E-state index in [-0.39, 0.29) is 0 Å². The van der Waals surface area contributed by atoms with Crippen molar-refractivity contribution >= 4 is 11.6 Å². The average molecular weight is 202 g/mol. The summed E-state index contributed by atoms with van der Waals surface area (Å²) >= 11 is 0. The van der Waals surface area contributed by atoms with E-state index in [1.54, 1.807) is 0 Å². The van der Waals surface area contributed by atoms with Crippen LogP contribution in [0.15, 0.2) is 36.4 Å². The number of hydrogen-bond donors (Lipinski definition) is 1. The highest BCUT2D eigenvalue weighted by Crippen LogP contribution is 2.12. The summed E-state index contributed by atoms with van der Waals surface area (Å²) in [5, 5.41) is 3.16. The zero-order valence-corrected chi connectivity index (χ0v) is 8.86. The summed E-state index contributed by atoms with van der Waals surface area (Å²) < 4.78 is 0. The second kappa shape index (κ2) is 4.09. The van der Waals surface area contributed by atoms with Crippen LogP contribution in [0.2, 0.25) is 0 Å². The molecule has 2 rings (SSSR count). The van der Waals surface area contributed by atoms with Gasteiger partial charge in [-0.2, -0.15) is 0 Å². The molecule has 0 bridgehead atoms. The van der Waals surface area contributed by atoms with E-state index in [9.17, 15) is 0 Å². The standard InChI is InChI=1S/C12H13N3/c1-9-8-10(2)14-12(13-9)15-11-6-4-3-5-7-11/h3-8H,1-2H3,(H,13,14,15)/i12+1,13+1,14+1. The molecule has 0 aliphatic carbocycles. The lowest BCUT2D eigenvalue weighted by molar-refractivity contribution is 1.06. The number of aryl methyl sites for hydroxylation is 2. The van der Waals surface area contributed by atoms with Crippen LogP contribution in [0.25, 0.3) is 0 Å². The molecule has 76 valence electrons. The average Bonchev–Trinajstić information content (AvgIpc) is 2.17. The first kappa shape index (κ1) is 9.65. The first-order valence-corrected chi connectivity index (χ1v) is 4.88. The van der Waals surface area contributed by atoms with E-state index in [0.717, 1.165) is 17.1 Å². The van der Waals surface area contributed by atoms with Gasteiger partial charge in [-0.3, -0.25) is 0 Å². The lowest BCUT2D eigenvalue weighted by Crippen LogP contribution is -1.99. The van der Waals surface area contributed by atoms with Crippen LogP contribution >= 0.6 is 0 Å². The molecule has 0 saturated carbocycles. The first-order valence-electron chi connectivity index (χ1n) is 4.88. The number of aromatic nitrogens is 2. The number of nitrogens with one attached hydrogen (secondary N) is 1. The largest absolute Gasteiger partial charge is 0.324 e. The van der Waals surface area contributed by atoms with E-state index in [4.69, 9.17) is 0 Å². The van der Waals surface area contributed by atoms with Crippen LogP contribution in [0.1, 0.15) is 11.4 Å². The molecular weight excluding hydrogens is 189 g/mol. The molecule has 15 heavy (non-hydrogen) atoms. The Bertz CT molecular complexity index is 431. The fourth-order valence-electron chi connectivity index (χ4n) is 1.43. The van der Waals surface area contributed by atoms with Crippen LogP contribution in [0.4, 0.5) is 11.6 Å². The molecule has 0 atom stereocenters. The fourth-order valence-corrected chi connectivity index (χ4v) is 1.43. The van der Waals surface area contributed by atoms with Gasteiger partial charge in [0.1, 0.15) is 0 Å². The van der Waals surface area contributed by atoms with Crippen molar-refractivity contribution in [1.29, 1.82) is 0 Å². The highest BCUT2D eigenvalue weighted by Gasteiger charge is 1.98. The van der Waals surface area contributed by atoms with Crippen LogP contribution in [-0.2, 0) is 0 Å². The summed E-state index contributed by atoms with van der Waals surface area (Å²) in [6, 6.07) is 11.9. The molecule has 0 saturated heterocycles. The van der Waals surface area contributed by atoms with E-state index in [2.05, 4.69) is 15.3 Å². The third kappa shape index (κ3) is 2.53. The molecule has 1 heterocycles. The summed E-state index contributed by atoms with van der Waals surface area (Å²) in [7, 11) is 0. The number of rotatable bonds is 2. The van der Waals surface area contributed by atoms with Crippen molar-refractivity contribution < 1.29 is 0 Å². The monoisotopic (exact) mass is 202 g/mol. The molecular formula is C12H13N3. The van der Waals surface area contributed by atoms with Crippen molar-refractivity contribution in [2.24, 2.45) is 0 Å². The van der Waals surface area contributed by atoms with Gasteiger partial charge in [-0.15, -0.1) is 0 Å². The summed E-state index contributed by atoms with van der Waals surface area (Å²) in [6.45, 7) is 3.93. The number of nitrogens with zero attached hydrogens (tertiary/aromatic N) is 2. The highest BCUT2D eigenvalue weighted by molar-refractivity contribution is 5.52. The molecule has 0 radical (unpaired) electrons. The maximum Gasteiger partial charge on any atom is 0.227 e. The van der Waals surface area contributed by atoms with E-state index in [1.807, 2.05) is 50.2 Å². The second-order valence-electron chi connectivity index (χ2n) is 3.47. The van der Waals surface area contributed by atoms with E-state index in [1.165, 1.54) is 0 Å². The normalized spacial score (nSPS) is 10.0. The van der Waals surface area contributed by atoms with Crippen LogP contribution in [-0.4, -0.2) is 9.97 Å². The molecule has 0 spiro atoms. The smallest absolute Gasteiger partial charge is 0.227 e. The number of anilines is 2. The van der Waals surface area contributed by atoms with Gasteiger partial charge in [0.25, 0.3) is 0 Å². The summed E-state index contributed by atoms with van der Waals surface area (Å²) in [6.07, 6.45) is 0. The lowest BCUT2D eigenvalue weighted by Gasteiger charge is -2.05. The van der Waals surface area contributed by atoms with Gasteiger partial charge in [-0.05, 0) is 32.0 Å². The molecule has 1 N–H and O–H groups in total. The van der Waals surface area contributed by atoms with E-state index < -0.39 is 0 Å². The summed E-state index contributed by atoms with van der Waals surface area (Å²) in [4.78, 5) is 8.61. The third-order valence-electron chi connectivity index (χ3n) is 2.01. The minimum atomic E-state index is 0.652. The van der Waals surface area contributed by atoms with Crippen molar-refractivity contribution in [2.75, 3.05) is 5.32 Å². The fraction of sp³-hybridized carbons (Fsp3) is 0.167. The molecule has 0 unspecified atom stereocenters. The Balaban J connectivity index is 2.25. The molecule has 1 aromatic heterocycles. The molecule has 0 aliphatic heterocycles. The van der Waals surface area contributed by atoms with E-state index >= 15 is 0 Å². The quantitative estimate of drug-likeness (QED) is 0.813. The number of hydrogen-bond acceptors (Lipinski definition) is 3. The van der Waals surface area contributed by atoms with Crippen LogP contribution in [0.5, 0.6) is 0 Å².